The number of nitrogens with zero attached hydrogens (tertiary/aromatic N) is 2. The molecule has 1 amide bonds. The molecular weight excluding hydrogens is 352 g/mol. The van der Waals surface area contributed by atoms with E-state index in [0.717, 1.165) is 35.7 Å². The Morgan fingerprint density at radius 1 is 1.32 bits per heavy atom. The summed E-state index contributed by atoms with van der Waals surface area (Å²) in [6.45, 7) is 10.2. The standard InChI is InChI=1S/C22H30N4O2/c1-14-7-6-8-15(11-14)20-25-19(17-13-24-9-10-26(17)20)18(27)12-16(21(28)23-5)22(2,3)4/h6-8,11,16,24H,9-10,12-13H2,1-5H3,(H,23,28)/t16-/m1/s1. The Morgan fingerprint density at radius 3 is 2.71 bits per heavy atom. The number of benzene rings is 1. The highest BCUT2D eigenvalue weighted by Gasteiger charge is 2.35. The lowest BCUT2D eigenvalue weighted by atomic mass is 9.77. The third kappa shape index (κ3) is 4.02. The monoisotopic (exact) mass is 382 g/mol. The fourth-order valence-electron chi connectivity index (χ4n) is 3.78. The van der Waals surface area contributed by atoms with Gasteiger partial charge in [-0.05, 0) is 18.4 Å². The van der Waals surface area contributed by atoms with Crippen molar-refractivity contribution in [2.75, 3.05) is 13.6 Å². The summed E-state index contributed by atoms with van der Waals surface area (Å²) in [7, 11) is 1.61. The summed E-state index contributed by atoms with van der Waals surface area (Å²) in [4.78, 5) is 30.4. The topological polar surface area (TPSA) is 76.0 Å². The number of carbonyl (C=O) groups excluding carboxylic acids is 2. The Kier molecular flexibility index (Phi) is 5.70. The van der Waals surface area contributed by atoms with Crippen molar-refractivity contribution in [1.29, 1.82) is 0 Å². The minimum Gasteiger partial charge on any atom is -0.359 e. The largest absolute Gasteiger partial charge is 0.359 e. The third-order valence-corrected chi connectivity index (χ3v) is 5.42. The number of hydrogen-bond donors (Lipinski definition) is 2. The zero-order valence-electron chi connectivity index (χ0n) is 17.4. The molecule has 1 atom stereocenters. The van der Waals surface area contributed by atoms with Gasteiger partial charge in [-0.15, -0.1) is 0 Å². The lowest BCUT2D eigenvalue weighted by Crippen LogP contribution is -2.38. The molecular formula is C22H30N4O2. The smallest absolute Gasteiger partial charge is 0.223 e. The van der Waals surface area contributed by atoms with Gasteiger partial charge in [-0.1, -0.05) is 44.5 Å². The highest BCUT2D eigenvalue weighted by molar-refractivity contribution is 5.98. The number of imidazole rings is 1. The molecule has 2 heterocycles. The molecule has 1 aromatic carbocycles. The molecule has 0 bridgehead atoms. The highest BCUT2D eigenvalue weighted by Crippen LogP contribution is 2.32. The van der Waals surface area contributed by atoms with Crippen molar-refractivity contribution in [3.05, 3.63) is 41.2 Å². The van der Waals surface area contributed by atoms with Gasteiger partial charge in [0.15, 0.2) is 5.78 Å². The van der Waals surface area contributed by atoms with E-state index in [0.29, 0.717) is 12.2 Å². The lowest BCUT2D eigenvalue weighted by molar-refractivity contribution is -0.127. The first-order valence-electron chi connectivity index (χ1n) is 9.84. The Bertz CT molecular complexity index is 892. The van der Waals surface area contributed by atoms with Crippen LogP contribution in [-0.2, 0) is 17.9 Å². The molecule has 2 aromatic rings. The van der Waals surface area contributed by atoms with Crippen LogP contribution in [0.2, 0.25) is 0 Å². The van der Waals surface area contributed by atoms with Gasteiger partial charge in [0.05, 0.1) is 11.6 Å². The van der Waals surface area contributed by atoms with Crippen molar-refractivity contribution in [2.45, 2.75) is 47.2 Å². The maximum atomic E-state index is 13.2. The molecule has 6 heteroatoms. The predicted molar refractivity (Wildman–Crippen MR) is 110 cm³/mol. The molecule has 2 N–H and O–H groups in total. The van der Waals surface area contributed by atoms with Gasteiger partial charge in [0.25, 0.3) is 0 Å². The number of carbonyl (C=O) groups is 2. The van der Waals surface area contributed by atoms with Gasteiger partial charge in [-0.2, -0.15) is 0 Å². The molecule has 1 aliphatic heterocycles. The number of nitrogens with one attached hydrogen (secondary N) is 2. The first kappa shape index (κ1) is 20.3. The minimum atomic E-state index is -0.402. The van der Waals surface area contributed by atoms with E-state index in [1.54, 1.807) is 7.05 Å². The number of fused-ring (bicyclic) bond motifs is 1. The molecule has 6 nitrogen and oxygen atoms in total. The molecule has 3 rings (SSSR count). The zero-order chi connectivity index (χ0) is 20.5. The maximum absolute atomic E-state index is 13.2. The van der Waals surface area contributed by atoms with Crippen molar-refractivity contribution in [2.24, 2.45) is 11.3 Å². The van der Waals surface area contributed by atoms with Crippen LogP contribution in [0.15, 0.2) is 24.3 Å². The fraction of sp³-hybridized carbons (Fsp3) is 0.500. The molecule has 0 saturated carbocycles. The number of aromatic nitrogens is 2. The van der Waals surface area contributed by atoms with Crippen LogP contribution < -0.4 is 10.6 Å². The van der Waals surface area contributed by atoms with Gasteiger partial charge in [0.2, 0.25) is 5.91 Å². The quantitative estimate of drug-likeness (QED) is 0.780. The number of amides is 1. The summed E-state index contributed by atoms with van der Waals surface area (Å²) < 4.78 is 2.14. The SMILES string of the molecule is CNC(=O)[C@@H](CC(=O)c1nc(-c2cccc(C)c2)n2c1CNCC2)C(C)(C)C. The van der Waals surface area contributed by atoms with E-state index in [9.17, 15) is 9.59 Å². The molecule has 1 aromatic heterocycles. The summed E-state index contributed by atoms with van der Waals surface area (Å²) >= 11 is 0. The van der Waals surface area contributed by atoms with E-state index >= 15 is 0 Å². The second kappa shape index (κ2) is 7.87. The van der Waals surface area contributed by atoms with Gasteiger partial charge < -0.3 is 15.2 Å². The number of ketones is 1. The van der Waals surface area contributed by atoms with E-state index in [4.69, 9.17) is 4.98 Å². The Balaban J connectivity index is 2.00. The average molecular weight is 383 g/mol. The molecule has 0 spiro atoms. The molecule has 0 saturated heterocycles. The summed E-state index contributed by atoms with van der Waals surface area (Å²) in [5.41, 5.74) is 3.26. The van der Waals surface area contributed by atoms with Crippen LogP contribution in [0.4, 0.5) is 0 Å². The van der Waals surface area contributed by atoms with E-state index in [-0.39, 0.29) is 23.5 Å². The van der Waals surface area contributed by atoms with E-state index < -0.39 is 5.92 Å². The van der Waals surface area contributed by atoms with Gasteiger partial charge in [0.1, 0.15) is 11.5 Å². The molecule has 0 radical (unpaired) electrons. The number of hydrogen-bond acceptors (Lipinski definition) is 4. The minimum absolute atomic E-state index is 0.0742. The number of rotatable bonds is 5. The number of aryl methyl sites for hydroxylation is 1. The van der Waals surface area contributed by atoms with Crippen LogP contribution >= 0.6 is 0 Å². The van der Waals surface area contributed by atoms with E-state index in [1.807, 2.05) is 32.9 Å². The van der Waals surface area contributed by atoms with Crippen molar-refractivity contribution in [3.8, 4) is 11.4 Å². The molecule has 28 heavy (non-hydrogen) atoms. The predicted octanol–water partition coefficient (Wildman–Crippen LogP) is 2.94. The fourth-order valence-corrected chi connectivity index (χ4v) is 3.78. The van der Waals surface area contributed by atoms with Crippen molar-refractivity contribution in [1.82, 2.24) is 20.2 Å². The Morgan fingerprint density at radius 2 is 2.07 bits per heavy atom. The average Bonchev–Trinajstić information content (AvgIpc) is 3.04. The van der Waals surface area contributed by atoms with Crippen LogP contribution in [-0.4, -0.2) is 34.8 Å². The summed E-state index contributed by atoms with van der Waals surface area (Å²) in [5.74, 6) is 0.248. The van der Waals surface area contributed by atoms with Gasteiger partial charge >= 0.3 is 0 Å². The maximum Gasteiger partial charge on any atom is 0.223 e. The van der Waals surface area contributed by atoms with Gasteiger partial charge in [0, 0.05) is 38.7 Å². The molecule has 150 valence electrons. The Labute approximate surface area is 166 Å². The summed E-state index contributed by atoms with van der Waals surface area (Å²) in [6.07, 6.45) is 0.153. The second-order valence-electron chi connectivity index (χ2n) is 8.59. The van der Waals surface area contributed by atoms with Gasteiger partial charge in [-0.3, -0.25) is 9.59 Å². The normalized spacial score (nSPS) is 15.0. The second-order valence-corrected chi connectivity index (χ2v) is 8.59. The van der Waals surface area contributed by atoms with Crippen molar-refractivity contribution in [3.63, 3.8) is 0 Å². The van der Waals surface area contributed by atoms with Crippen LogP contribution in [0.1, 0.15) is 48.9 Å². The van der Waals surface area contributed by atoms with Crippen molar-refractivity contribution >= 4 is 11.7 Å². The van der Waals surface area contributed by atoms with E-state index in [1.165, 1.54) is 0 Å². The van der Waals surface area contributed by atoms with Crippen LogP contribution in [0.5, 0.6) is 0 Å². The molecule has 1 aliphatic rings. The zero-order valence-corrected chi connectivity index (χ0v) is 17.4. The van der Waals surface area contributed by atoms with Gasteiger partial charge in [-0.25, -0.2) is 4.98 Å². The molecule has 0 fully saturated rings. The van der Waals surface area contributed by atoms with Crippen LogP contribution in [0.25, 0.3) is 11.4 Å². The van der Waals surface area contributed by atoms with Crippen molar-refractivity contribution < 1.29 is 9.59 Å². The summed E-state index contributed by atoms with van der Waals surface area (Å²) in [6, 6.07) is 8.18. The Hall–Kier alpha value is -2.47. The highest BCUT2D eigenvalue weighted by atomic mass is 16.2. The van der Waals surface area contributed by atoms with Crippen LogP contribution in [0, 0.1) is 18.3 Å². The molecule has 0 aliphatic carbocycles. The van der Waals surface area contributed by atoms with Crippen LogP contribution in [0.3, 0.4) is 0 Å². The first-order chi connectivity index (χ1) is 13.2. The third-order valence-electron chi connectivity index (χ3n) is 5.42. The van der Waals surface area contributed by atoms with E-state index in [2.05, 4.69) is 34.3 Å². The first-order valence-corrected chi connectivity index (χ1v) is 9.84. The summed E-state index contributed by atoms with van der Waals surface area (Å²) in [5, 5.41) is 6.04. The number of Topliss-reactive ketones (excluding diaryl/α,β-unsaturated/α-hetero) is 1. The molecule has 0 unspecified atom stereocenters. The lowest BCUT2D eigenvalue weighted by Gasteiger charge is -2.28.